The smallest absolute Gasteiger partial charge is 0.410 e. The van der Waals surface area contributed by atoms with Gasteiger partial charge in [-0.05, 0) is 48.7 Å². The van der Waals surface area contributed by atoms with Crippen LogP contribution in [-0.2, 0) is 11.2 Å². The summed E-state index contributed by atoms with van der Waals surface area (Å²) in [4.78, 5) is 27.2. The van der Waals surface area contributed by atoms with Crippen LogP contribution in [0.2, 0.25) is 0 Å². The van der Waals surface area contributed by atoms with Gasteiger partial charge in [0.15, 0.2) is 0 Å². The van der Waals surface area contributed by atoms with E-state index in [4.69, 9.17) is 4.74 Å². The van der Waals surface area contributed by atoms with E-state index < -0.39 is 6.09 Å². The highest BCUT2D eigenvalue weighted by molar-refractivity contribution is 5.91. The van der Waals surface area contributed by atoms with Crippen LogP contribution in [0.15, 0.2) is 54.9 Å². The van der Waals surface area contributed by atoms with Crippen LogP contribution >= 0.6 is 0 Å². The van der Waals surface area contributed by atoms with Crippen molar-refractivity contribution in [2.75, 3.05) is 13.1 Å². The summed E-state index contributed by atoms with van der Waals surface area (Å²) < 4.78 is 5.16. The molecule has 0 aliphatic carbocycles. The van der Waals surface area contributed by atoms with E-state index in [0.717, 1.165) is 11.1 Å². The zero-order valence-corrected chi connectivity index (χ0v) is 14.1. The largest absolute Gasteiger partial charge is 0.412 e. The third-order valence-corrected chi connectivity index (χ3v) is 3.25. The molecule has 0 aliphatic heterocycles. The van der Waals surface area contributed by atoms with Crippen molar-refractivity contribution in [2.45, 2.75) is 13.3 Å². The summed E-state index contributed by atoms with van der Waals surface area (Å²) in [5.41, 5.74) is 1.84. The molecule has 2 aromatic rings. The molecule has 0 spiro atoms. The summed E-state index contributed by atoms with van der Waals surface area (Å²) in [5.74, 6) is 0.310. The lowest BCUT2D eigenvalue weighted by Crippen LogP contribution is -2.26. The first kappa shape index (κ1) is 18.2. The molecule has 6 nitrogen and oxygen atoms in total. The number of ether oxygens (including phenoxy) is 1. The molecule has 0 radical (unpaired) electrons. The molecule has 0 aliphatic rings. The number of benzene rings is 1. The summed E-state index contributed by atoms with van der Waals surface area (Å²) in [7, 11) is 0. The van der Waals surface area contributed by atoms with Crippen LogP contribution in [0.25, 0.3) is 6.08 Å². The molecule has 1 heterocycles. The summed E-state index contributed by atoms with van der Waals surface area (Å²) in [5, 5.41) is 5.38. The van der Waals surface area contributed by atoms with Crippen LogP contribution in [0.5, 0.6) is 5.75 Å². The number of rotatable bonds is 7. The van der Waals surface area contributed by atoms with E-state index in [0.29, 0.717) is 25.3 Å². The van der Waals surface area contributed by atoms with E-state index in [2.05, 4.69) is 15.6 Å². The van der Waals surface area contributed by atoms with Gasteiger partial charge in [0.25, 0.3) is 0 Å². The predicted octanol–water partition coefficient (Wildman–Crippen LogP) is 2.56. The van der Waals surface area contributed by atoms with Crippen LogP contribution in [0.3, 0.4) is 0 Å². The summed E-state index contributed by atoms with van der Waals surface area (Å²) in [6, 6.07) is 10.9. The number of amides is 2. The van der Waals surface area contributed by atoms with Crippen LogP contribution in [-0.4, -0.2) is 30.1 Å². The van der Waals surface area contributed by atoms with Crippen molar-refractivity contribution in [3.8, 4) is 5.75 Å². The maximum absolute atomic E-state index is 11.8. The van der Waals surface area contributed by atoms with Crippen LogP contribution < -0.4 is 15.4 Å². The molecule has 0 fully saturated rings. The molecule has 2 rings (SSSR count). The number of hydrogen-bond acceptors (Lipinski definition) is 4. The van der Waals surface area contributed by atoms with Gasteiger partial charge in [0.05, 0.1) is 0 Å². The number of aromatic nitrogens is 1. The Morgan fingerprint density at radius 1 is 1.20 bits per heavy atom. The van der Waals surface area contributed by atoms with Crippen molar-refractivity contribution in [3.63, 3.8) is 0 Å². The number of nitrogens with one attached hydrogen (secondary N) is 2. The van der Waals surface area contributed by atoms with E-state index in [1.54, 1.807) is 30.6 Å². The number of nitrogens with zero attached hydrogens (tertiary/aromatic N) is 1. The molecule has 0 unspecified atom stereocenters. The average molecular weight is 339 g/mol. The van der Waals surface area contributed by atoms with Gasteiger partial charge in [-0.15, -0.1) is 0 Å². The van der Waals surface area contributed by atoms with E-state index in [1.165, 1.54) is 6.08 Å². The van der Waals surface area contributed by atoms with Crippen molar-refractivity contribution < 1.29 is 14.3 Å². The van der Waals surface area contributed by atoms with Gasteiger partial charge in [0.1, 0.15) is 5.75 Å². The maximum Gasteiger partial charge on any atom is 0.412 e. The normalized spacial score (nSPS) is 10.4. The lowest BCUT2D eigenvalue weighted by Gasteiger charge is -2.07. The third-order valence-electron chi connectivity index (χ3n) is 3.25. The second-order valence-corrected chi connectivity index (χ2v) is 5.23. The van der Waals surface area contributed by atoms with Gasteiger partial charge in [-0.3, -0.25) is 9.78 Å². The average Bonchev–Trinajstić information content (AvgIpc) is 2.61. The van der Waals surface area contributed by atoms with Crippen molar-refractivity contribution in [1.29, 1.82) is 0 Å². The van der Waals surface area contributed by atoms with Gasteiger partial charge in [0.2, 0.25) is 5.91 Å². The monoisotopic (exact) mass is 339 g/mol. The van der Waals surface area contributed by atoms with Crippen LogP contribution in [0, 0.1) is 0 Å². The van der Waals surface area contributed by atoms with E-state index in [-0.39, 0.29) is 5.91 Å². The molecular formula is C19H21N3O3. The first-order chi connectivity index (χ1) is 12.2. The van der Waals surface area contributed by atoms with Crippen molar-refractivity contribution in [1.82, 2.24) is 15.6 Å². The van der Waals surface area contributed by atoms with Crippen molar-refractivity contribution in [3.05, 3.63) is 66.0 Å². The number of carbonyl (C=O) groups excluding carboxylic acids is 2. The quantitative estimate of drug-likeness (QED) is 0.760. The molecule has 0 saturated carbocycles. The molecule has 6 heteroatoms. The molecule has 130 valence electrons. The Labute approximate surface area is 146 Å². The Morgan fingerprint density at radius 3 is 2.84 bits per heavy atom. The zero-order valence-electron chi connectivity index (χ0n) is 14.1. The van der Waals surface area contributed by atoms with E-state index >= 15 is 0 Å². The molecule has 2 amide bonds. The van der Waals surface area contributed by atoms with E-state index in [9.17, 15) is 9.59 Å². The van der Waals surface area contributed by atoms with Gasteiger partial charge in [-0.25, -0.2) is 4.79 Å². The Bertz CT molecular complexity index is 730. The number of pyridine rings is 1. The second-order valence-electron chi connectivity index (χ2n) is 5.23. The molecule has 0 atom stereocenters. The van der Waals surface area contributed by atoms with Crippen molar-refractivity contribution in [2.24, 2.45) is 0 Å². The van der Waals surface area contributed by atoms with E-state index in [1.807, 2.05) is 31.2 Å². The van der Waals surface area contributed by atoms with Gasteiger partial charge < -0.3 is 15.4 Å². The first-order valence-electron chi connectivity index (χ1n) is 8.08. The lowest BCUT2D eigenvalue weighted by molar-refractivity contribution is -0.116. The fourth-order valence-corrected chi connectivity index (χ4v) is 2.09. The topological polar surface area (TPSA) is 80.3 Å². The molecule has 0 bridgehead atoms. The number of carbonyl (C=O) groups is 2. The van der Waals surface area contributed by atoms with Gasteiger partial charge in [-0.1, -0.05) is 18.2 Å². The highest BCUT2D eigenvalue weighted by atomic mass is 16.6. The Hall–Kier alpha value is -3.15. The highest BCUT2D eigenvalue weighted by Crippen LogP contribution is 2.13. The SMILES string of the molecule is CCNC(=O)Oc1cccc(CCNC(=O)C=Cc2cccnc2)c1. The fraction of sp³-hybridized carbons (Fsp3) is 0.211. The van der Waals surface area contributed by atoms with Gasteiger partial charge in [0, 0.05) is 31.6 Å². The fourth-order valence-electron chi connectivity index (χ4n) is 2.09. The standard InChI is InChI=1S/C19H21N3O3/c1-2-21-19(24)25-17-7-3-5-15(13-17)10-12-22-18(23)9-8-16-6-4-11-20-14-16/h3-9,11,13-14H,2,10,12H2,1H3,(H,21,24)(H,22,23). The van der Waals surface area contributed by atoms with Crippen molar-refractivity contribution >= 4 is 18.1 Å². The molecular weight excluding hydrogens is 318 g/mol. The predicted molar refractivity (Wildman–Crippen MR) is 96.1 cm³/mol. The summed E-state index contributed by atoms with van der Waals surface area (Å²) in [6.07, 6.45) is 6.72. The summed E-state index contributed by atoms with van der Waals surface area (Å²) in [6.45, 7) is 2.82. The molecule has 1 aromatic carbocycles. The Morgan fingerprint density at radius 2 is 2.08 bits per heavy atom. The van der Waals surface area contributed by atoms with Gasteiger partial charge >= 0.3 is 6.09 Å². The third kappa shape index (κ3) is 6.87. The lowest BCUT2D eigenvalue weighted by atomic mass is 10.1. The molecule has 2 N–H and O–H groups in total. The van der Waals surface area contributed by atoms with Gasteiger partial charge in [-0.2, -0.15) is 0 Å². The number of hydrogen-bond donors (Lipinski definition) is 2. The highest BCUT2D eigenvalue weighted by Gasteiger charge is 2.03. The van der Waals surface area contributed by atoms with Crippen LogP contribution in [0.4, 0.5) is 4.79 Å². The van der Waals surface area contributed by atoms with Crippen LogP contribution in [0.1, 0.15) is 18.1 Å². The molecule has 25 heavy (non-hydrogen) atoms. The minimum Gasteiger partial charge on any atom is -0.410 e. The molecule has 1 aromatic heterocycles. The Balaban J connectivity index is 1.78. The Kier molecular flexibility index (Phi) is 7.18. The first-order valence-corrected chi connectivity index (χ1v) is 8.08. The minimum absolute atomic E-state index is 0.168. The molecule has 0 saturated heterocycles. The minimum atomic E-state index is -0.478. The maximum atomic E-state index is 11.8. The zero-order chi connectivity index (χ0) is 17.9. The summed E-state index contributed by atoms with van der Waals surface area (Å²) >= 11 is 0. The second kappa shape index (κ2) is 9.87.